The van der Waals surface area contributed by atoms with E-state index in [-0.39, 0.29) is 0 Å². The normalized spacial score (nSPS) is 15.7. The molecule has 1 N–H and O–H groups in total. The molecule has 0 spiro atoms. The quantitative estimate of drug-likeness (QED) is 0.843. The third-order valence-corrected chi connectivity index (χ3v) is 4.13. The SMILES string of the molecule is CC(CBr)NCc1cc(Br)cc2c1OCC2. The molecule has 0 bridgehead atoms. The molecule has 1 aromatic carbocycles. The first-order valence-electron chi connectivity index (χ1n) is 5.44. The van der Waals surface area contributed by atoms with E-state index in [0.717, 1.165) is 35.1 Å². The number of halogens is 2. The van der Waals surface area contributed by atoms with Gasteiger partial charge >= 0.3 is 0 Å². The van der Waals surface area contributed by atoms with Crippen molar-refractivity contribution in [2.75, 3.05) is 11.9 Å². The van der Waals surface area contributed by atoms with Gasteiger partial charge in [-0.15, -0.1) is 0 Å². The number of alkyl halides is 1. The number of benzene rings is 1. The number of ether oxygens (including phenoxy) is 1. The molecule has 2 rings (SSSR count). The predicted molar refractivity (Wildman–Crippen MR) is 73.4 cm³/mol. The van der Waals surface area contributed by atoms with Gasteiger partial charge in [-0.1, -0.05) is 31.9 Å². The van der Waals surface area contributed by atoms with Crippen LogP contribution in [0.15, 0.2) is 16.6 Å². The molecule has 0 aliphatic carbocycles. The van der Waals surface area contributed by atoms with Gasteiger partial charge in [-0.3, -0.25) is 0 Å². The molecule has 16 heavy (non-hydrogen) atoms. The second-order valence-corrected chi connectivity index (χ2v) is 5.65. The van der Waals surface area contributed by atoms with Crippen molar-refractivity contribution in [2.24, 2.45) is 0 Å². The van der Waals surface area contributed by atoms with Crippen LogP contribution in [0.1, 0.15) is 18.1 Å². The van der Waals surface area contributed by atoms with E-state index in [2.05, 4.69) is 56.2 Å². The summed E-state index contributed by atoms with van der Waals surface area (Å²) >= 11 is 7.01. The Morgan fingerprint density at radius 1 is 1.50 bits per heavy atom. The molecule has 1 heterocycles. The lowest BCUT2D eigenvalue weighted by atomic mass is 10.1. The summed E-state index contributed by atoms with van der Waals surface area (Å²) in [5.41, 5.74) is 2.56. The van der Waals surface area contributed by atoms with Crippen LogP contribution in [-0.2, 0) is 13.0 Å². The summed E-state index contributed by atoms with van der Waals surface area (Å²) in [5.74, 6) is 1.08. The highest BCUT2D eigenvalue weighted by atomic mass is 79.9. The number of nitrogens with one attached hydrogen (secondary N) is 1. The molecule has 1 unspecified atom stereocenters. The molecule has 0 fully saturated rings. The van der Waals surface area contributed by atoms with Crippen molar-refractivity contribution in [1.29, 1.82) is 0 Å². The van der Waals surface area contributed by atoms with E-state index in [0.29, 0.717) is 6.04 Å². The molecule has 0 saturated carbocycles. The molecule has 0 saturated heterocycles. The standard InChI is InChI=1S/C12H15Br2NO/c1-8(6-13)15-7-10-5-11(14)4-9-2-3-16-12(9)10/h4-5,8,15H,2-3,6-7H2,1H3. The Bertz CT molecular complexity index is 382. The summed E-state index contributed by atoms with van der Waals surface area (Å²) in [7, 11) is 0. The minimum Gasteiger partial charge on any atom is -0.493 e. The average Bonchev–Trinajstić information content (AvgIpc) is 2.73. The van der Waals surface area contributed by atoms with Crippen molar-refractivity contribution in [3.63, 3.8) is 0 Å². The van der Waals surface area contributed by atoms with Crippen LogP contribution in [-0.4, -0.2) is 18.0 Å². The lowest BCUT2D eigenvalue weighted by molar-refractivity contribution is 0.352. The van der Waals surface area contributed by atoms with Crippen molar-refractivity contribution < 1.29 is 4.74 Å². The van der Waals surface area contributed by atoms with Crippen molar-refractivity contribution in [3.8, 4) is 5.75 Å². The maximum absolute atomic E-state index is 5.68. The third kappa shape index (κ3) is 2.79. The summed E-state index contributed by atoms with van der Waals surface area (Å²) in [4.78, 5) is 0. The van der Waals surface area contributed by atoms with Gasteiger partial charge in [0.25, 0.3) is 0 Å². The minimum atomic E-state index is 0.469. The lowest BCUT2D eigenvalue weighted by Crippen LogP contribution is -2.26. The van der Waals surface area contributed by atoms with Crippen LogP contribution in [0.4, 0.5) is 0 Å². The van der Waals surface area contributed by atoms with Crippen molar-refractivity contribution in [1.82, 2.24) is 5.32 Å². The number of rotatable bonds is 4. The second kappa shape index (κ2) is 5.52. The Morgan fingerprint density at radius 2 is 2.31 bits per heavy atom. The van der Waals surface area contributed by atoms with E-state index >= 15 is 0 Å². The zero-order valence-electron chi connectivity index (χ0n) is 9.22. The van der Waals surface area contributed by atoms with E-state index in [1.807, 2.05) is 0 Å². The summed E-state index contributed by atoms with van der Waals surface area (Å²) in [5, 5.41) is 4.42. The predicted octanol–water partition coefficient (Wildman–Crippen LogP) is 3.26. The fourth-order valence-electron chi connectivity index (χ4n) is 1.82. The molecule has 4 heteroatoms. The van der Waals surface area contributed by atoms with E-state index in [1.165, 1.54) is 11.1 Å². The van der Waals surface area contributed by atoms with E-state index < -0.39 is 0 Å². The largest absolute Gasteiger partial charge is 0.493 e. The van der Waals surface area contributed by atoms with E-state index in [1.54, 1.807) is 0 Å². The van der Waals surface area contributed by atoms with Crippen molar-refractivity contribution >= 4 is 31.9 Å². The first-order chi connectivity index (χ1) is 7.70. The van der Waals surface area contributed by atoms with Crippen LogP contribution in [0.3, 0.4) is 0 Å². The molecule has 0 aromatic heterocycles. The van der Waals surface area contributed by atoms with Crippen LogP contribution in [0.2, 0.25) is 0 Å². The summed E-state index contributed by atoms with van der Waals surface area (Å²) in [6, 6.07) is 4.76. The van der Waals surface area contributed by atoms with Crippen molar-refractivity contribution in [3.05, 3.63) is 27.7 Å². The first-order valence-corrected chi connectivity index (χ1v) is 7.35. The van der Waals surface area contributed by atoms with Gasteiger partial charge in [-0.05, 0) is 24.6 Å². The number of hydrogen-bond donors (Lipinski definition) is 1. The van der Waals surface area contributed by atoms with Gasteiger partial charge < -0.3 is 10.1 Å². The zero-order chi connectivity index (χ0) is 11.5. The van der Waals surface area contributed by atoms with Gasteiger partial charge in [0, 0.05) is 34.4 Å². The highest BCUT2D eigenvalue weighted by molar-refractivity contribution is 9.10. The Hall–Kier alpha value is -0.0600. The fraction of sp³-hybridized carbons (Fsp3) is 0.500. The first kappa shape index (κ1) is 12.4. The molecular formula is C12H15Br2NO. The smallest absolute Gasteiger partial charge is 0.127 e. The van der Waals surface area contributed by atoms with Crippen molar-refractivity contribution in [2.45, 2.75) is 25.9 Å². The Kier molecular flexibility index (Phi) is 4.27. The maximum atomic E-state index is 5.68. The summed E-state index contributed by atoms with van der Waals surface area (Å²) in [6.07, 6.45) is 1.02. The average molecular weight is 349 g/mol. The monoisotopic (exact) mass is 347 g/mol. The Morgan fingerprint density at radius 3 is 3.06 bits per heavy atom. The number of fused-ring (bicyclic) bond motifs is 1. The zero-order valence-corrected chi connectivity index (χ0v) is 12.4. The van der Waals surface area contributed by atoms with Crippen LogP contribution in [0.5, 0.6) is 5.75 Å². The van der Waals surface area contributed by atoms with Gasteiger partial charge in [0.2, 0.25) is 0 Å². The topological polar surface area (TPSA) is 21.3 Å². The van der Waals surface area contributed by atoms with Crippen LogP contribution in [0, 0.1) is 0 Å². The molecule has 1 aromatic rings. The molecule has 88 valence electrons. The summed E-state index contributed by atoms with van der Waals surface area (Å²) in [6.45, 7) is 3.83. The number of hydrogen-bond acceptors (Lipinski definition) is 2. The van der Waals surface area contributed by atoms with Gasteiger partial charge in [0.05, 0.1) is 6.61 Å². The van der Waals surface area contributed by atoms with Crippen LogP contribution < -0.4 is 10.1 Å². The van der Waals surface area contributed by atoms with E-state index in [4.69, 9.17) is 4.74 Å². The fourth-order valence-corrected chi connectivity index (χ4v) is 2.60. The molecule has 0 radical (unpaired) electrons. The van der Waals surface area contributed by atoms with E-state index in [9.17, 15) is 0 Å². The lowest BCUT2D eigenvalue weighted by Gasteiger charge is -2.13. The molecule has 1 aliphatic rings. The van der Waals surface area contributed by atoms with Gasteiger partial charge in [-0.25, -0.2) is 0 Å². The van der Waals surface area contributed by atoms with Gasteiger partial charge in [-0.2, -0.15) is 0 Å². The molecular weight excluding hydrogens is 334 g/mol. The third-order valence-electron chi connectivity index (χ3n) is 2.70. The molecule has 0 amide bonds. The summed E-state index contributed by atoms with van der Waals surface area (Å²) < 4.78 is 6.82. The maximum Gasteiger partial charge on any atom is 0.127 e. The van der Waals surface area contributed by atoms with Gasteiger partial charge in [0.1, 0.15) is 5.75 Å². The van der Waals surface area contributed by atoms with Crippen LogP contribution in [0.25, 0.3) is 0 Å². The Labute approximate surface area is 113 Å². The second-order valence-electron chi connectivity index (χ2n) is 4.09. The highest BCUT2D eigenvalue weighted by Gasteiger charge is 2.17. The minimum absolute atomic E-state index is 0.469. The van der Waals surface area contributed by atoms with Crippen LogP contribution >= 0.6 is 31.9 Å². The van der Waals surface area contributed by atoms with Gasteiger partial charge in [0.15, 0.2) is 0 Å². The molecule has 1 aliphatic heterocycles. The Balaban J connectivity index is 2.14. The molecule has 2 nitrogen and oxygen atoms in total. The highest BCUT2D eigenvalue weighted by Crippen LogP contribution is 2.32. The molecule has 1 atom stereocenters.